The summed E-state index contributed by atoms with van der Waals surface area (Å²) in [4.78, 5) is 17.6. The highest BCUT2D eigenvalue weighted by atomic mass is 32.1. The summed E-state index contributed by atoms with van der Waals surface area (Å²) in [5.41, 5.74) is 1.42. The van der Waals surface area contributed by atoms with Crippen LogP contribution in [0.2, 0.25) is 0 Å². The highest BCUT2D eigenvalue weighted by Gasteiger charge is 2.26. The molecule has 1 amide bonds. The first-order chi connectivity index (χ1) is 9.99. The van der Waals surface area contributed by atoms with Crippen molar-refractivity contribution < 1.29 is 9.90 Å². The van der Waals surface area contributed by atoms with E-state index >= 15 is 0 Å². The first kappa shape index (κ1) is 16.1. The third-order valence-corrected chi connectivity index (χ3v) is 5.52. The Morgan fingerprint density at radius 3 is 2.86 bits per heavy atom. The summed E-state index contributed by atoms with van der Waals surface area (Å²) in [7, 11) is 0. The number of nitrogens with one attached hydrogen (secondary N) is 1. The Kier molecular flexibility index (Phi) is 5.13. The van der Waals surface area contributed by atoms with Crippen molar-refractivity contribution in [3.05, 3.63) is 27.4 Å². The Morgan fingerprint density at radius 1 is 1.52 bits per heavy atom. The number of hydrogen-bond donors (Lipinski definition) is 2. The fraction of sp³-hybridized carbons (Fsp3) is 0.467. The van der Waals surface area contributed by atoms with Crippen LogP contribution in [0.5, 0.6) is 0 Å². The SMILES string of the molecule is CCC(C)(CCO)NC(=O)c1sc(-c2ccsc2)nc1C. The second-order valence-corrected chi connectivity index (χ2v) is 7.07. The molecule has 114 valence electrons. The number of thiazole rings is 1. The molecule has 0 aromatic carbocycles. The van der Waals surface area contributed by atoms with E-state index in [2.05, 4.69) is 10.3 Å². The molecule has 0 aliphatic carbocycles. The lowest BCUT2D eigenvalue weighted by Crippen LogP contribution is -2.46. The van der Waals surface area contributed by atoms with Crippen LogP contribution in [0, 0.1) is 6.92 Å². The number of aromatic nitrogens is 1. The lowest BCUT2D eigenvalue weighted by molar-refractivity contribution is 0.0889. The molecule has 0 spiro atoms. The third-order valence-electron chi connectivity index (χ3n) is 3.63. The molecule has 2 aromatic heterocycles. The minimum absolute atomic E-state index is 0.0620. The van der Waals surface area contributed by atoms with E-state index in [1.165, 1.54) is 11.3 Å². The van der Waals surface area contributed by atoms with Crippen LogP contribution in [-0.2, 0) is 0 Å². The Labute approximate surface area is 132 Å². The molecule has 0 aliphatic rings. The van der Waals surface area contributed by atoms with Gasteiger partial charge in [-0.3, -0.25) is 4.79 Å². The van der Waals surface area contributed by atoms with Crippen LogP contribution < -0.4 is 5.32 Å². The molecule has 0 fully saturated rings. The first-order valence-corrected chi connectivity index (χ1v) is 8.68. The Hall–Kier alpha value is -1.24. The smallest absolute Gasteiger partial charge is 0.263 e. The van der Waals surface area contributed by atoms with Gasteiger partial charge in [0.25, 0.3) is 5.91 Å². The molecule has 2 N–H and O–H groups in total. The van der Waals surface area contributed by atoms with Gasteiger partial charge in [-0.05, 0) is 38.1 Å². The zero-order valence-electron chi connectivity index (χ0n) is 12.5. The molecular formula is C15H20N2O2S2. The van der Waals surface area contributed by atoms with Gasteiger partial charge in [0.1, 0.15) is 9.88 Å². The average molecular weight is 324 g/mol. The molecule has 1 atom stereocenters. The van der Waals surface area contributed by atoms with Crippen LogP contribution in [0.3, 0.4) is 0 Å². The number of amides is 1. The van der Waals surface area contributed by atoms with Gasteiger partial charge in [0.2, 0.25) is 0 Å². The monoisotopic (exact) mass is 324 g/mol. The lowest BCUT2D eigenvalue weighted by Gasteiger charge is -2.28. The standard InChI is InChI=1S/C15H20N2O2S2/c1-4-15(3,6-7-18)17-13(19)12-10(2)16-14(21-12)11-5-8-20-9-11/h5,8-9,18H,4,6-7H2,1-3H3,(H,17,19). The predicted octanol–water partition coefficient (Wildman–Crippen LogP) is 3.46. The first-order valence-electron chi connectivity index (χ1n) is 6.92. The number of aliphatic hydroxyl groups is 1. The molecule has 0 aliphatic heterocycles. The fourth-order valence-corrected chi connectivity index (χ4v) is 3.69. The summed E-state index contributed by atoms with van der Waals surface area (Å²) < 4.78 is 0. The second-order valence-electron chi connectivity index (χ2n) is 5.29. The molecule has 2 rings (SSSR count). The summed E-state index contributed by atoms with van der Waals surface area (Å²) in [6.07, 6.45) is 1.32. The van der Waals surface area contributed by atoms with Crippen LogP contribution in [-0.4, -0.2) is 28.1 Å². The summed E-state index contributed by atoms with van der Waals surface area (Å²) in [5.74, 6) is -0.107. The van der Waals surface area contributed by atoms with Crippen molar-refractivity contribution in [2.75, 3.05) is 6.61 Å². The van der Waals surface area contributed by atoms with Crippen LogP contribution in [0.4, 0.5) is 0 Å². The molecule has 1 unspecified atom stereocenters. The van der Waals surface area contributed by atoms with Crippen molar-refractivity contribution in [1.29, 1.82) is 0 Å². The van der Waals surface area contributed by atoms with Gasteiger partial charge in [0.05, 0.1) is 5.69 Å². The number of rotatable bonds is 6. The topological polar surface area (TPSA) is 62.2 Å². The number of aryl methyl sites for hydroxylation is 1. The van der Waals surface area contributed by atoms with Crippen LogP contribution in [0.15, 0.2) is 16.8 Å². The molecule has 21 heavy (non-hydrogen) atoms. The number of hydrogen-bond acceptors (Lipinski definition) is 5. The summed E-state index contributed by atoms with van der Waals surface area (Å²) >= 11 is 3.03. The molecule has 0 radical (unpaired) electrons. The van der Waals surface area contributed by atoms with Crippen molar-refractivity contribution in [1.82, 2.24) is 10.3 Å². The van der Waals surface area contributed by atoms with E-state index < -0.39 is 0 Å². The fourth-order valence-electron chi connectivity index (χ4n) is 2.02. The number of carbonyl (C=O) groups excluding carboxylic acids is 1. The highest BCUT2D eigenvalue weighted by Crippen LogP contribution is 2.29. The highest BCUT2D eigenvalue weighted by molar-refractivity contribution is 7.17. The van der Waals surface area contributed by atoms with Crippen LogP contribution in [0.1, 0.15) is 42.1 Å². The molecule has 2 heterocycles. The van der Waals surface area contributed by atoms with E-state index in [0.717, 1.165) is 22.7 Å². The molecule has 0 saturated carbocycles. The number of thiophene rings is 1. The zero-order chi connectivity index (χ0) is 15.5. The van der Waals surface area contributed by atoms with Crippen molar-refractivity contribution >= 4 is 28.6 Å². The third kappa shape index (κ3) is 3.70. The lowest BCUT2D eigenvalue weighted by atomic mass is 9.95. The van der Waals surface area contributed by atoms with Crippen LogP contribution in [0.25, 0.3) is 10.6 Å². The van der Waals surface area contributed by atoms with Gasteiger partial charge in [-0.25, -0.2) is 4.98 Å². The van der Waals surface area contributed by atoms with Crippen molar-refractivity contribution in [2.24, 2.45) is 0 Å². The summed E-state index contributed by atoms with van der Waals surface area (Å²) in [6, 6.07) is 2.01. The van der Waals surface area contributed by atoms with Gasteiger partial charge in [-0.1, -0.05) is 6.92 Å². The van der Waals surface area contributed by atoms with E-state index in [4.69, 9.17) is 5.11 Å². The summed E-state index contributed by atoms with van der Waals surface area (Å²) in [5, 5.41) is 17.1. The second kappa shape index (κ2) is 6.68. The van der Waals surface area contributed by atoms with Gasteiger partial charge in [0.15, 0.2) is 0 Å². The largest absolute Gasteiger partial charge is 0.396 e. The maximum Gasteiger partial charge on any atom is 0.263 e. The van der Waals surface area contributed by atoms with Gasteiger partial charge in [0, 0.05) is 23.1 Å². The van der Waals surface area contributed by atoms with Crippen molar-refractivity contribution in [2.45, 2.75) is 39.2 Å². The van der Waals surface area contributed by atoms with Gasteiger partial charge < -0.3 is 10.4 Å². The number of aliphatic hydroxyl groups excluding tert-OH is 1. The molecule has 2 aromatic rings. The minimum atomic E-state index is -0.384. The van der Waals surface area contributed by atoms with Crippen molar-refractivity contribution in [3.63, 3.8) is 0 Å². The Morgan fingerprint density at radius 2 is 2.29 bits per heavy atom. The van der Waals surface area contributed by atoms with E-state index in [1.54, 1.807) is 11.3 Å². The molecule has 4 nitrogen and oxygen atoms in total. The van der Waals surface area contributed by atoms with Crippen molar-refractivity contribution in [3.8, 4) is 10.6 Å². The number of carbonyl (C=O) groups is 1. The van der Waals surface area contributed by atoms with E-state index in [-0.39, 0.29) is 18.1 Å². The molecule has 6 heteroatoms. The normalized spacial score (nSPS) is 13.9. The van der Waals surface area contributed by atoms with Gasteiger partial charge in [-0.15, -0.1) is 11.3 Å². The minimum Gasteiger partial charge on any atom is -0.396 e. The van der Waals surface area contributed by atoms with Gasteiger partial charge in [-0.2, -0.15) is 11.3 Å². The molecule has 0 bridgehead atoms. The number of nitrogens with zero attached hydrogens (tertiary/aromatic N) is 1. The van der Waals surface area contributed by atoms with Crippen LogP contribution >= 0.6 is 22.7 Å². The quantitative estimate of drug-likeness (QED) is 0.855. The zero-order valence-corrected chi connectivity index (χ0v) is 14.1. The van der Waals surface area contributed by atoms with E-state index in [1.807, 2.05) is 37.6 Å². The van der Waals surface area contributed by atoms with E-state index in [9.17, 15) is 4.79 Å². The maximum atomic E-state index is 12.5. The maximum absolute atomic E-state index is 12.5. The average Bonchev–Trinajstić information content (AvgIpc) is 3.07. The Bertz CT molecular complexity index is 607. The molecular weight excluding hydrogens is 304 g/mol. The van der Waals surface area contributed by atoms with Gasteiger partial charge >= 0.3 is 0 Å². The Balaban J connectivity index is 2.20. The summed E-state index contributed by atoms with van der Waals surface area (Å²) in [6.45, 7) is 5.88. The predicted molar refractivity (Wildman–Crippen MR) is 88.0 cm³/mol. The van der Waals surface area contributed by atoms with E-state index in [0.29, 0.717) is 11.3 Å². The molecule has 0 saturated heterocycles.